The molecule has 1 N–H and O–H groups in total. The number of rotatable bonds is 10. The number of carbonyl (C=O) groups is 2. The second-order valence-corrected chi connectivity index (χ2v) is 10.1. The quantitative estimate of drug-likeness (QED) is 0.393. The summed E-state index contributed by atoms with van der Waals surface area (Å²) in [6.07, 6.45) is 5.18. The van der Waals surface area contributed by atoms with Gasteiger partial charge in [-0.25, -0.2) is 0 Å². The molecule has 2 aromatic carbocycles. The summed E-state index contributed by atoms with van der Waals surface area (Å²) in [6.45, 7) is 2.22. The lowest BCUT2D eigenvalue weighted by molar-refractivity contribution is -0.141. The summed E-state index contributed by atoms with van der Waals surface area (Å²) in [6, 6.07) is 14.9. The molecule has 172 valence electrons. The van der Waals surface area contributed by atoms with E-state index in [9.17, 15) is 9.59 Å². The molecule has 0 saturated heterocycles. The van der Waals surface area contributed by atoms with Crippen molar-refractivity contribution in [3.63, 3.8) is 0 Å². The van der Waals surface area contributed by atoms with Crippen LogP contribution in [-0.2, 0) is 16.1 Å². The van der Waals surface area contributed by atoms with Crippen LogP contribution < -0.4 is 5.32 Å². The maximum atomic E-state index is 13.3. The van der Waals surface area contributed by atoms with Gasteiger partial charge in [0, 0.05) is 39.7 Å². The molecule has 4 nitrogen and oxygen atoms in total. The number of halogens is 2. The van der Waals surface area contributed by atoms with Crippen LogP contribution in [0.4, 0.5) is 0 Å². The second kappa shape index (κ2) is 12.5. The molecular weight excluding hydrogens is 463 g/mol. The first-order chi connectivity index (χ1) is 15.5. The summed E-state index contributed by atoms with van der Waals surface area (Å²) in [5, 5.41) is 4.21. The van der Waals surface area contributed by atoms with Crippen molar-refractivity contribution in [3.05, 3.63) is 64.1 Å². The minimum atomic E-state index is -0.531. The molecular formula is C25H30Cl2N2O2S. The first kappa shape index (κ1) is 24.9. The summed E-state index contributed by atoms with van der Waals surface area (Å²) in [5.41, 5.74) is 0.784. The molecule has 1 atom stereocenters. The predicted molar refractivity (Wildman–Crippen MR) is 133 cm³/mol. The maximum Gasteiger partial charge on any atom is 0.243 e. The molecule has 32 heavy (non-hydrogen) atoms. The standard InChI is InChI=1S/C25H30Cl2N2O2S/c1-2-23(25(31)28-20-8-6-7-9-20)29(17-18-12-13-19(26)16-22(18)27)24(30)14-15-32-21-10-4-3-5-11-21/h3-5,10-13,16,20,23H,2,6-9,14-15,17H2,1H3,(H,28,31). The van der Waals surface area contributed by atoms with Crippen LogP contribution in [0.1, 0.15) is 51.0 Å². The normalized spacial score (nSPS) is 14.8. The number of amides is 2. The fourth-order valence-corrected chi connectivity index (χ4v) is 5.37. The topological polar surface area (TPSA) is 49.4 Å². The number of carbonyl (C=O) groups excluding carboxylic acids is 2. The molecule has 2 amide bonds. The molecule has 1 aliphatic carbocycles. The van der Waals surface area contributed by atoms with Crippen LogP contribution in [0.3, 0.4) is 0 Å². The van der Waals surface area contributed by atoms with E-state index in [4.69, 9.17) is 23.2 Å². The van der Waals surface area contributed by atoms with Crippen LogP contribution in [0.25, 0.3) is 0 Å². The van der Waals surface area contributed by atoms with Gasteiger partial charge in [-0.05, 0) is 49.1 Å². The van der Waals surface area contributed by atoms with Crippen LogP contribution in [0.2, 0.25) is 10.0 Å². The lowest BCUT2D eigenvalue weighted by Crippen LogP contribution is -2.51. The summed E-state index contributed by atoms with van der Waals surface area (Å²) in [4.78, 5) is 29.3. The first-order valence-corrected chi connectivity index (χ1v) is 12.9. The van der Waals surface area contributed by atoms with E-state index in [1.54, 1.807) is 28.8 Å². The Morgan fingerprint density at radius 3 is 2.50 bits per heavy atom. The van der Waals surface area contributed by atoms with Crippen molar-refractivity contribution in [2.24, 2.45) is 0 Å². The zero-order valence-corrected chi connectivity index (χ0v) is 20.7. The number of hydrogen-bond acceptors (Lipinski definition) is 3. The molecule has 7 heteroatoms. The van der Waals surface area contributed by atoms with Gasteiger partial charge in [0.1, 0.15) is 6.04 Å². The van der Waals surface area contributed by atoms with Gasteiger partial charge in [0.25, 0.3) is 0 Å². The Hall–Kier alpha value is -1.69. The lowest BCUT2D eigenvalue weighted by atomic mass is 10.1. The molecule has 0 heterocycles. The van der Waals surface area contributed by atoms with E-state index >= 15 is 0 Å². The SMILES string of the molecule is CCC(C(=O)NC1CCCC1)N(Cc1ccc(Cl)cc1Cl)C(=O)CCSc1ccccc1. The molecule has 1 aliphatic rings. The van der Waals surface area contributed by atoms with Crippen LogP contribution in [0.15, 0.2) is 53.4 Å². The number of nitrogens with one attached hydrogen (secondary N) is 1. The Kier molecular flexibility index (Phi) is 9.76. The van der Waals surface area contributed by atoms with E-state index in [1.165, 1.54) is 0 Å². The van der Waals surface area contributed by atoms with Crippen molar-refractivity contribution < 1.29 is 9.59 Å². The van der Waals surface area contributed by atoms with E-state index in [2.05, 4.69) is 5.32 Å². The Labute approximate surface area is 205 Å². The van der Waals surface area contributed by atoms with Crippen molar-refractivity contribution in [1.29, 1.82) is 0 Å². The molecule has 0 radical (unpaired) electrons. The third kappa shape index (κ3) is 7.16. The highest BCUT2D eigenvalue weighted by Gasteiger charge is 2.30. The van der Waals surface area contributed by atoms with E-state index in [1.807, 2.05) is 43.3 Å². The molecule has 0 bridgehead atoms. The third-order valence-corrected chi connectivity index (χ3v) is 7.37. The lowest BCUT2D eigenvalue weighted by Gasteiger charge is -2.32. The van der Waals surface area contributed by atoms with Gasteiger partial charge in [-0.1, -0.05) is 67.2 Å². The van der Waals surface area contributed by atoms with Crippen molar-refractivity contribution in [2.75, 3.05) is 5.75 Å². The highest BCUT2D eigenvalue weighted by atomic mass is 35.5. The molecule has 0 aliphatic heterocycles. The van der Waals surface area contributed by atoms with Crippen molar-refractivity contribution in [2.45, 2.75) is 69.0 Å². The fourth-order valence-electron chi connectivity index (χ4n) is 4.04. The summed E-state index contributed by atoms with van der Waals surface area (Å²) >= 11 is 14.1. The van der Waals surface area contributed by atoms with Gasteiger partial charge in [0.15, 0.2) is 0 Å². The minimum Gasteiger partial charge on any atom is -0.352 e. The highest BCUT2D eigenvalue weighted by molar-refractivity contribution is 7.99. The smallest absolute Gasteiger partial charge is 0.243 e. The number of benzene rings is 2. The van der Waals surface area contributed by atoms with Gasteiger partial charge < -0.3 is 10.2 Å². The zero-order chi connectivity index (χ0) is 22.9. The van der Waals surface area contributed by atoms with Gasteiger partial charge in [0.2, 0.25) is 11.8 Å². The zero-order valence-electron chi connectivity index (χ0n) is 18.4. The number of nitrogens with zero attached hydrogens (tertiary/aromatic N) is 1. The van der Waals surface area contributed by atoms with Gasteiger partial charge in [-0.2, -0.15) is 0 Å². The predicted octanol–water partition coefficient (Wildman–Crippen LogP) is 6.34. The van der Waals surface area contributed by atoms with Crippen molar-refractivity contribution in [1.82, 2.24) is 10.2 Å². The van der Waals surface area contributed by atoms with Gasteiger partial charge in [-0.3, -0.25) is 9.59 Å². The van der Waals surface area contributed by atoms with E-state index in [-0.39, 0.29) is 24.4 Å². The average molecular weight is 494 g/mol. The second-order valence-electron chi connectivity index (χ2n) is 8.08. The summed E-state index contributed by atoms with van der Waals surface area (Å²) in [7, 11) is 0. The number of hydrogen-bond donors (Lipinski definition) is 1. The van der Waals surface area contributed by atoms with Gasteiger partial charge in [0.05, 0.1) is 0 Å². The molecule has 3 rings (SSSR count). The van der Waals surface area contributed by atoms with E-state index in [0.717, 1.165) is 36.1 Å². The third-order valence-electron chi connectivity index (χ3n) is 5.77. The molecule has 1 saturated carbocycles. The first-order valence-electron chi connectivity index (χ1n) is 11.2. The summed E-state index contributed by atoms with van der Waals surface area (Å²) < 4.78 is 0. The molecule has 0 aromatic heterocycles. The fraction of sp³-hybridized carbons (Fsp3) is 0.440. The monoisotopic (exact) mass is 492 g/mol. The Morgan fingerprint density at radius 1 is 1.12 bits per heavy atom. The molecule has 1 unspecified atom stereocenters. The largest absolute Gasteiger partial charge is 0.352 e. The van der Waals surface area contributed by atoms with Crippen LogP contribution in [0, 0.1) is 0 Å². The molecule has 2 aromatic rings. The average Bonchev–Trinajstić information content (AvgIpc) is 3.28. The van der Waals surface area contributed by atoms with E-state index in [0.29, 0.717) is 28.6 Å². The number of thioether (sulfide) groups is 1. The van der Waals surface area contributed by atoms with Crippen molar-refractivity contribution >= 4 is 46.8 Å². The van der Waals surface area contributed by atoms with Crippen LogP contribution >= 0.6 is 35.0 Å². The highest BCUT2D eigenvalue weighted by Crippen LogP contribution is 2.25. The molecule has 1 fully saturated rings. The summed E-state index contributed by atoms with van der Waals surface area (Å²) in [5.74, 6) is 0.524. The Morgan fingerprint density at radius 2 is 1.84 bits per heavy atom. The Balaban J connectivity index is 1.73. The maximum absolute atomic E-state index is 13.3. The van der Waals surface area contributed by atoms with Crippen LogP contribution in [-0.4, -0.2) is 34.6 Å². The minimum absolute atomic E-state index is 0.0483. The van der Waals surface area contributed by atoms with Gasteiger partial charge >= 0.3 is 0 Å². The van der Waals surface area contributed by atoms with Crippen molar-refractivity contribution in [3.8, 4) is 0 Å². The molecule has 0 spiro atoms. The Bertz CT molecular complexity index is 904. The van der Waals surface area contributed by atoms with Crippen LogP contribution in [0.5, 0.6) is 0 Å². The van der Waals surface area contributed by atoms with E-state index < -0.39 is 6.04 Å². The van der Waals surface area contributed by atoms with Gasteiger partial charge in [-0.15, -0.1) is 11.8 Å².